The van der Waals surface area contributed by atoms with Crippen molar-refractivity contribution in [3.05, 3.63) is 170 Å². The fourth-order valence-electron chi connectivity index (χ4n) is 8.97. The van der Waals surface area contributed by atoms with Crippen LogP contribution in [0.5, 0.6) is 11.5 Å². The molecule has 0 saturated carbocycles. The van der Waals surface area contributed by atoms with E-state index < -0.39 is 49.7 Å². The zero-order valence-electron chi connectivity index (χ0n) is 43.9. The number of carbonyl (C=O) groups excluding carboxylic acids is 2. The number of nitrogens with one attached hydrogen (secondary N) is 3. The molecule has 2 heterocycles. The SMILES string of the molecule is COc1ccc(C(OC[C@H]2O[C@@H](n3cc(/C=C/C(=O)NCCNC(=O)[C@@H](C)c4ccc(CC(C)C)cc4)c(=O)[nH]c3=O)C[C@H]2OP(OCCC#N)N(C(C)C)C(C)C)(c2ccccc2)c2ccc(OC)cc2)cc1. The predicted octanol–water partition coefficient (Wildman–Crippen LogP) is 8.76. The van der Waals surface area contributed by atoms with E-state index in [-0.39, 0.29) is 68.6 Å². The van der Waals surface area contributed by atoms with Gasteiger partial charge in [-0.05, 0) is 105 Å². The molecule has 1 aliphatic heterocycles. The van der Waals surface area contributed by atoms with Crippen molar-refractivity contribution in [3.63, 3.8) is 0 Å². The van der Waals surface area contributed by atoms with E-state index in [1.807, 2.05) is 126 Å². The Labute approximate surface area is 436 Å². The maximum Gasteiger partial charge on any atom is 0.330 e. The van der Waals surface area contributed by atoms with Gasteiger partial charge in [-0.2, -0.15) is 5.26 Å². The third kappa shape index (κ3) is 14.7. The number of ether oxygens (including phenoxy) is 4. The number of amides is 2. The molecular weight excluding hydrogens is 960 g/mol. The van der Waals surface area contributed by atoms with Gasteiger partial charge < -0.3 is 38.6 Å². The number of carbonyl (C=O) groups is 2. The van der Waals surface area contributed by atoms with Gasteiger partial charge in [0.2, 0.25) is 11.8 Å². The Kier molecular flexibility index (Phi) is 20.9. The number of hydrogen-bond donors (Lipinski definition) is 3. The first-order chi connectivity index (χ1) is 35.6. The summed E-state index contributed by atoms with van der Waals surface area (Å²) in [6.45, 7) is 14.7. The minimum atomic E-state index is -1.79. The molecule has 17 heteroatoms. The van der Waals surface area contributed by atoms with Gasteiger partial charge in [0.25, 0.3) is 14.1 Å². The number of aromatic nitrogens is 2. The summed E-state index contributed by atoms with van der Waals surface area (Å²) in [6.07, 6.45) is 2.58. The Morgan fingerprint density at radius 1 is 0.851 bits per heavy atom. The van der Waals surface area contributed by atoms with Crippen LogP contribution in [0.15, 0.2) is 125 Å². The molecule has 4 aromatic carbocycles. The molecule has 1 fully saturated rings. The van der Waals surface area contributed by atoms with Crippen LogP contribution in [-0.2, 0) is 40.1 Å². The van der Waals surface area contributed by atoms with Gasteiger partial charge in [0.15, 0.2) is 0 Å². The summed E-state index contributed by atoms with van der Waals surface area (Å²) in [4.78, 5) is 55.3. The van der Waals surface area contributed by atoms with Crippen LogP contribution in [0.3, 0.4) is 0 Å². The van der Waals surface area contributed by atoms with Crippen LogP contribution in [0.2, 0.25) is 0 Å². The van der Waals surface area contributed by atoms with Gasteiger partial charge in [-0.3, -0.25) is 23.9 Å². The Morgan fingerprint density at radius 2 is 1.45 bits per heavy atom. The maximum atomic E-state index is 13.7. The third-order valence-corrected chi connectivity index (χ3v) is 14.8. The van der Waals surface area contributed by atoms with Crippen molar-refractivity contribution in [2.75, 3.05) is 40.5 Å². The summed E-state index contributed by atoms with van der Waals surface area (Å²) in [6, 6.07) is 35.3. The van der Waals surface area contributed by atoms with Crippen molar-refractivity contribution in [1.29, 1.82) is 5.26 Å². The lowest BCUT2D eigenvalue weighted by Gasteiger charge is -2.39. The number of aromatic amines is 1. The normalized spacial score (nSPS) is 16.7. The lowest BCUT2D eigenvalue weighted by molar-refractivity contribution is -0.122. The highest BCUT2D eigenvalue weighted by atomic mass is 31.2. The van der Waals surface area contributed by atoms with Crippen LogP contribution < -0.4 is 31.4 Å². The third-order valence-electron chi connectivity index (χ3n) is 12.7. The van der Waals surface area contributed by atoms with Gasteiger partial charge in [-0.1, -0.05) is 92.7 Å². The largest absolute Gasteiger partial charge is 0.497 e. The van der Waals surface area contributed by atoms with E-state index in [2.05, 4.69) is 52.3 Å². The Morgan fingerprint density at radius 3 is 2.01 bits per heavy atom. The monoisotopic (exact) mass is 1030 g/mol. The number of rotatable bonds is 26. The summed E-state index contributed by atoms with van der Waals surface area (Å²) < 4.78 is 41.9. The van der Waals surface area contributed by atoms with Crippen LogP contribution in [0.1, 0.15) is 107 Å². The van der Waals surface area contributed by atoms with Crippen LogP contribution >= 0.6 is 8.53 Å². The molecule has 3 N–H and O–H groups in total. The number of methoxy groups -OCH3 is 2. The number of benzene rings is 4. The summed E-state index contributed by atoms with van der Waals surface area (Å²) >= 11 is 0. The molecule has 5 atom stereocenters. The number of H-pyrrole nitrogens is 1. The van der Waals surface area contributed by atoms with Crippen LogP contribution in [0.4, 0.5) is 0 Å². The summed E-state index contributed by atoms with van der Waals surface area (Å²) in [5, 5.41) is 15.1. The quantitative estimate of drug-likeness (QED) is 0.0207. The molecule has 394 valence electrons. The molecular formula is C57H71N6O10P. The van der Waals surface area contributed by atoms with Crippen LogP contribution in [-0.4, -0.2) is 90.9 Å². The Bertz CT molecular complexity index is 2720. The van der Waals surface area contributed by atoms with Gasteiger partial charge in [0, 0.05) is 43.9 Å². The fraction of sp³-hybridized carbons (Fsp3) is 0.421. The number of nitriles is 1. The lowest BCUT2D eigenvalue weighted by Crippen LogP contribution is -2.39. The minimum absolute atomic E-state index is 0.00872. The number of hydrogen-bond acceptors (Lipinski definition) is 12. The molecule has 1 aliphatic rings. The van der Waals surface area contributed by atoms with E-state index in [0.29, 0.717) is 17.4 Å². The van der Waals surface area contributed by atoms with Gasteiger partial charge in [0.05, 0.1) is 57.5 Å². The van der Waals surface area contributed by atoms with Crippen molar-refractivity contribution in [1.82, 2.24) is 24.9 Å². The van der Waals surface area contributed by atoms with Crippen molar-refractivity contribution in [2.45, 2.75) is 110 Å². The first-order valence-corrected chi connectivity index (χ1v) is 26.3. The maximum absolute atomic E-state index is 13.7. The van der Waals surface area contributed by atoms with Crippen molar-refractivity contribution < 1.29 is 37.6 Å². The van der Waals surface area contributed by atoms with E-state index in [1.165, 1.54) is 28.5 Å². The second-order valence-corrected chi connectivity index (χ2v) is 20.5. The molecule has 1 unspecified atom stereocenters. The average molecular weight is 1030 g/mol. The highest BCUT2D eigenvalue weighted by molar-refractivity contribution is 7.44. The first-order valence-electron chi connectivity index (χ1n) is 25.1. The zero-order valence-corrected chi connectivity index (χ0v) is 44.8. The molecule has 16 nitrogen and oxygen atoms in total. The van der Waals surface area contributed by atoms with Gasteiger partial charge in [0.1, 0.15) is 29.4 Å². The van der Waals surface area contributed by atoms with Gasteiger partial charge in [-0.15, -0.1) is 0 Å². The topological polar surface area (TPSA) is 195 Å². The molecule has 6 rings (SSSR count). The molecule has 74 heavy (non-hydrogen) atoms. The Balaban J connectivity index is 1.27. The molecule has 0 bridgehead atoms. The minimum Gasteiger partial charge on any atom is -0.497 e. The van der Waals surface area contributed by atoms with Gasteiger partial charge in [-0.25, -0.2) is 9.46 Å². The standard InChI is InChI=1S/C57H71N6O10P/c1-38(2)34-42-16-18-43(19-17-42)41(7)54(65)60-32-31-59-52(64)29-20-44-36-62(56(67)61-55(44)66)53-35-50(73-74(71-33-13-30-58)63(39(3)4)40(5)6)51(72-53)37-70-57(45-14-11-10-12-15-45,46-21-25-48(68-8)26-22-46)47-23-27-49(69-9)28-24-47/h10-12,14-29,36,38-41,50-51,53H,13,31-35,37H2,1-9H3,(H,59,64)(H,60,65)(H,61,66,67)/b29-20+/t41-,50+,51+,53+,74?/m0/s1. The smallest absolute Gasteiger partial charge is 0.330 e. The Hall–Kier alpha value is -6.44. The predicted molar refractivity (Wildman–Crippen MR) is 287 cm³/mol. The molecule has 1 aromatic heterocycles. The second-order valence-electron chi connectivity index (χ2n) is 19.1. The fourth-order valence-corrected chi connectivity index (χ4v) is 10.7. The average Bonchev–Trinajstić information content (AvgIpc) is 3.79. The summed E-state index contributed by atoms with van der Waals surface area (Å²) in [5.74, 6) is 0.809. The van der Waals surface area contributed by atoms with Crippen molar-refractivity contribution in [3.8, 4) is 17.6 Å². The molecule has 0 radical (unpaired) electrons. The zero-order chi connectivity index (χ0) is 53.4. The summed E-state index contributed by atoms with van der Waals surface area (Å²) in [7, 11) is 1.43. The van der Waals surface area contributed by atoms with E-state index in [4.69, 9.17) is 28.0 Å². The van der Waals surface area contributed by atoms with Crippen molar-refractivity contribution >= 4 is 26.4 Å². The molecule has 1 saturated heterocycles. The van der Waals surface area contributed by atoms with E-state index >= 15 is 0 Å². The molecule has 0 aliphatic carbocycles. The summed E-state index contributed by atoms with van der Waals surface area (Å²) in [5.41, 5.74) is 1.90. The van der Waals surface area contributed by atoms with Crippen molar-refractivity contribution in [2.24, 2.45) is 5.92 Å². The highest BCUT2D eigenvalue weighted by Gasteiger charge is 2.45. The van der Waals surface area contributed by atoms with E-state index in [0.717, 1.165) is 28.7 Å². The molecule has 5 aromatic rings. The molecule has 0 spiro atoms. The second kappa shape index (κ2) is 27.2. The van der Waals surface area contributed by atoms with E-state index in [1.54, 1.807) is 14.2 Å². The molecule has 2 amide bonds. The highest BCUT2D eigenvalue weighted by Crippen LogP contribution is 2.51. The van der Waals surface area contributed by atoms with Crippen LogP contribution in [0, 0.1) is 17.2 Å². The number of nitrogens with zero attached hydrogens (tertiary/aromatic N) is 3. The first kappa shape index (κ1) is 56.8. The van der Waals surface area contributed by atoms with Crippen LogP contribution in [0.25, 0.3) is 6.08 Å². The lowest BCUT2D eigenvalue weighted by atomic mass is 9.80. The van der Waals surface area contributed by atoms with E-state index in [9.17, 15) is 24.4 Å². The van der Waals surface area contributed by atoms with Gasteiger partial charge >= 0.3 is 5.69 Å².